The van der Waals surface area contributed by atoms with Gasteiger partial charge in [-0.15, -0.1) is 0 Å². The smallest absolute Gasteiger partial charge is 0.236 e. The molecule has 0 unspecified atom stereocenters. The van der Waals surface area contributed by atoms with Crippen LogP contribution in [0.2, 0.25) is 0 Å². The molecule has 0 amide bonds. The first kappa shape index (κ1) is 17.3. The number of rotatable bonds is 5. The van der Waals surface area contributed by atoms with Gasteiger partial charge in [0, 0.05) is 12.1 Å². The molecule has 5 nitrogen and oxygen atoms in total. The number of nitrogens with zero attached hydrogens (tertiary/aromatic N) is 2. The highest BCUT2D eigenvalue weighted by Gasteiger charge is 2.25. The Bertz CT molecular complexity index is 998. The monoisotopic (exact) mass is 359 g/mol. The number of halogens is 1. The molecule has 0 bridgehead atoms. The zero-order valence-electron chi connectivity index (χ0n) is 13.9. The Labute approximate surface area is 146 Å². The van der Waals surface area contributed by atoms with Crippen LogP contribution in [0.4, 0.5) is 4.39 Å². The molecule has 0 atom stereocenters. The zero-order chi connectivity index (χ0) is 18.0. The molecule has 1 N–H and O–H groups in total. The number of sulfonamides is 1. The predicted octanol–water partition coefficient (Wildman–Crippen LogP) is 3.11. The highest BCUT2D eigenvalue weighted by atomic mass is 32.2. The molecule has 0 spiro atoms. The second-order valence-electron chi connectivity index (χ2n) is 5.66. The maximum atomic E-state index is 13.7. The molecule has 3 aromatic rings. The van der Waals surface area contributed by atoms with Gasteiger partial charge < -0.3 is 0 Å². The number of nitrogens with one attached hydrogen (secondary N) is 1. The van der Waals surface area contributed by atoms with Gasteiger partial charge >= 0.3 is 0 Å². The average Bonchev–Trinajstić information content (AvgIpc) is 2.90. The SMILES string of the molecule is Cc1nn(-c2ccccc2)c(C)c1S(=O)(=O)NCc1ccccc1F. The van der Waals surface area contributed by atoms with Gasteiger partial charge in [-0.3, -0.25) is 0 Å². The van der Waals surface area contributed by atoms with E-state index in [1.165, 1.54) is 6.07 Å². The Morgan fingerprint density at radius 3 is 2.36 bits per heavy atom. The fraction of sp³-hybridized carbons (Fsp3) is 0.167. The molecule has 0 saturated heterocycles. The normalized spacial score (nSPS) is 11.6. The van der Waals surface area contributed by atoms with E-state index in [9.17, 15) is 12.8 Å². The fourth-order valence-electron chi connectivity index (χ4n) is 2.72. The highest BCUT2D eigenvalue weighted by molar-refractivity contribution is 7.89. The Hall–Kier alpha value is -2.51. The maximum absolute atomic E-state index is 13.7. The molecular formula is C18H18FN3O2S. The minimum atomic E-state index is -3.82. The van der Waals surface area contributed by atoms with Crippen LogP contribution in [0.25, 0.3) is 5.69 Å². The molecule has 0 fully saturated rings. The van der Waals surface area contributed by atoms with Crippen LogP contribution in [0, 0.1) is 19.7 Å². The van der Waals surface area contributed by atoms with Crippen LogP contribution in [0.15, 0.2) is 59.5 Å². The summed E-state index contributed by atoms with van der Waals surface area (Å²) in [5, 5.41) is 4.34. The van der Waals surface area contributed by atoms with Crippen LogP contribution in [-0.2, 0) is 16.6 Å². The second-order valence-corrected chi connectivity index (χ2v) is 7.37. The van der Waals surface area contributed by atoms with Gasteiger partial charge in [0.2, 0.25) is 10.0 Å². The maximum Gasteiger partial charge on any atom is 0.244 e. The van der Waals surface area contributed by atoms with E-state index in [-0.39, 0.29) is 17.0 Å². The quantitative estimate of drug-likeness (QED) is 0.761. The minimum absolute atomic E-state index is 0.118. The van der Waals surface area contributed by atoms with Gasteiger partial charge in [-0.05, 0) is 32.0 Å². The molecule has 0 radical (unpaired) electrons. The summed E-state index contributed by atoms with van der Waals surface area (Å²) in [5.74, 6) is -0.446. The van der Waals surface area contributed by atoms with Crippen molar-refractivity contribution in [2.24, 2.45) is 0 Å². The lowest BCUT2D eigenvalue weighted by Crippen LogP contribution is -2.24. The van der Waals surface area contributed by atoms with Crippen LogP contribution in [0.3, 0.4) is 0 Å². The molecule has 130 valence electrons. The van der Waals surface area contributed by atoms with Crippen LogP contribution >= 0.6 is 0 Å². The summed E-state index contributed by atoms with van der Waals surface area (Å²) in [6, 6.07) is 15.4. The number of para-hydroxylation sites is 1. The van der Waals surface area contributed by atoms with Crippen molar-refractivity contribution in [3.05, 3.63) is 77.4 Å². The van der Waals surface area contributed by atoms with E-state index in [0.717, 1.165) is 5.69 Å². The summed E-state index contributed by atoms with van der Waals surface area (Å²) in [4.78, 5) is 0.118. The first-order chi connectivity index (χ1) is 11.9. The fourth-order valence-corrected chi connectivity index (χ4v) is 4.12. The molecular weight excluding hydrogens is 341 g/mol. The van der Waals surface area contributed by atoms with E-state index in [2.05, 4.69) is 9.82 Å². The van der Waals surface area contributed by atoms with E-state index in [4.69, 9.17) is 0 Å². The van der Waals surface area contributed by atoms with Crippen molar-refractivity contribution < 1.29 is 12.8 Å². The lowest BCUT2D eigenvalue weighted by molar-refractivity contribution is 0.573. The van der Waals surface area contributed by atoms with Crippen molar-refractivity contribution in [2.45, 2.75) is 25.3 Å². The molecule has 0 aliphatic heterocycles. The van der Waals surface area contributed by atoms with Crippen LogP contribution in [0.1, 0.15) is 17.0 Å². The summed E-state index contributed by atoms with van der Waals surface area (Å²) >= 11 is 0. The molecule has 25 heavy (non-hydrogen) atoms. The lowest BCUT2D eigenvalue weighted by atomic mass is 10.2. The number of benzene rings is 2. The van der Waals surface area contributed by atoms with Gasteiger partial charge in [0.25, 0.3) is 0 Å². The summed E-state index contributed by atoms with van der Waals surface area (Å²) in [7, 11) is -3.82. The number of hydrogen-bond donors (Lipinski definition) is 1. The molecule has 7 heteroatoms. The van der Waals surface area contributed by atoms with Gasteiger partial charge in [0.1, 0.15) is 10.7 Å². The second kappa shape index (κ2) is 6.78. The van der Waals surface area contributed by atoms with Crippen molar-refractivity contribution >= 4 is 10.0 Å². The largest absolute Gasteiger partial charge is 0.244 e. The van der Waals surface area contributed by atoms with E-state index in [1.807, 2.05) is 30.3 Å². The van der Waals surface area contributed by atoms with Crippen molar-refractivity contribution in [2.75, 3.05) is 0 Å². The van der Waals surface area contributed by atoms with Crippen molar-refractivity contribution in [3.63, 3.8) is 0 Å². The van der Waals surface area contributed by atoms with Crippen LogP contribution in [0.5, 0.6) is 0 Å². The van der Waals surface area contributed by atoms with E-state index >= 15 is 0 Å². The van der Waals surface area contributed by atoms with E-state index in [0.29, 0.717) is 11.4 Å². The van der Waals surface area contributed by atoms with E-state index in [1.54, 1.807) is 36.7 Å². The van der Waals surface area contributed by atoms with Crippen LogP contribution < -0.4 is 4.72 Å². The van der Waals surface area contributed by atoms with Gasteiger partial charge in [-0.25, -0.2) is 22.2 Å². The third-order valence-electron chi connectivity index (χ3n) is 3.90. The van der Waals surface area contributed by atoms with Gasteiger partial charge in [0.15, 0.2) is 0 Å². The topological polar surface area (TPSA) is 64.0 Å². The zero-order valence-corrected chi connectivity index (χ0v) is 14.7. The summed E-state index contributed by atoms with van der Waals surface area (Å²) in [6.45, 7) is 3.22. The first-order valence-electron chi connectivity index (χ1n) is 7.75. The van der Waals surface area contributed by atoms with Crippen LogP contribution in [-0.4, -0.2) is 18.2 Å². The van der Waals surface area contributed by atoms with Crippen molar-refractivity contribution in [1.82, 2.24) is 14.5 Å². The minimum Gasteiger partial charge on any atom is -0.236 e. The highest BCUT2D eigenvalue weighted by Crippen LogP contribution is 2.22. The third kappa shape index (κ3) is 3.47. The molecule has 0 aliphatic carbocycles. The van der Waals surface area contributed by atoms with Gasteiger partial charge in [-0.1, -0.05) is 36.4 Å². The standard InChI is InChI=1S/C18H18FN3O2S/c1-13-18(14(2)22(21-13)16-9-4-3-5-10-16)25(23,24)20-12-15-8-6-7-11-17(15)19/h3-11,20H,12H2,1-2H3. The molecule has 2 aromatic carbocycles. The molecule has 1 aromatic heterocycles. The third-order valence-corrected chi connectivity index (χ3v) is 5.56. The molecule has 1 heterocycles. The Morgan fingerprint density at radius 2 is 1.68 bits per heavy atom. The first-order valence-corrected chi connectivity index (χ1v) is 9.23. The Balaban J connectivity index is 1.93. The lowest BCUT2D eigenvalue weighted by Gasteiger charge is -2.09. The van der Waals surface area contributed by atoms with Gasteiger partial charge in [0.05, 0.1) is 17.1 Å². The predicted molar refractivity (Wildman–Crippen MR) is 93.5 cm³/mol. The molecule has 0 saturated carbocycles. The number of hydrogen-bond acceptors (Lipinski definition) is 3. The summed E-state index contributed by atoms with van der Waals surface area (Å²) < 4.78 is 43.2. The number of aryl methyl sites for hydroxylation is 1. The van der Waals surface area contributed by atoms with Crippen molar-refractivity contribution in [3.8, 4) is 5.69 Å². The Morgan fingerprint density at radius 1 is 1.04 bits per heavy atom. The molecule has 0 aliphatic rings. The van der Waals surface area contributed by atoms with Crippen molar-refractivity contribution in [1.29, 1.82) is 0 Å². The summed E-state index contributed by atoms with van der Waals surface area (Å²) in [6.07, 6.45) is 0. The Kier molecular flexibility index (Phi) is 4.69. The average molecular weight is 359 g/mol. The number of aromatic nitrogens is 2. The molecule has 3 rings (SSSR count). The van der Waals surface area contributed by atoms with E-state index < -0.39 is 15.8 Å². The summed E-state index contributed by atoms with van der Waals surface area (Å²) in [5.41, 5.74) is 1.96. The van der Waals surface area contributed by atoms with Gasteiger partial charge in [-0.2, -0.15) is 5.10 Å².